The molecule has 0 unspecified atom stereocenters. The Kier molecular flexibility index (Phi) is 6.63. The van der Waals surface area contributed by atoms with Crippen LogP contribution in [0.2, 0.25) is 0 Å². The number of nitrogens with zero attached hydrogens (tertiary/aromatic N) is 3. The zero-order valence-corrected chi connectivity index (χ0v) is 16.9. The number of nitro groups is 1. The molecule has 0 fully saturated rings. The van der Waals surface area contributed by atoms with E-state index in [1.54, 1.807) is 13.8 Å². The first-order valence-electron chi connectivity index (χ1n) is 9.47. The lowest BCUT2D eigenvalue weighted by atomic mass is 9.97. The molecule has 0 saturated carbocycles. The second-order valence-corrected chi connectivity index (χ2v) is 6.42. The average Bonchev–Trinajstić information content (AvgIpc) is 2.69. The molecular weight excluding hydrogens is 378 g/mol. The summed E-state index contributed by atoms with van der Waals surface area (Å²) in [5.74, 6) is -2.38. The van der Waals surface area contributed by atoms with Crippen molar-refractivity contribution in [1.82, 2.24) is 9.80 Å². The molecule has 9 nitrogen and oxygen atoms in total. The molecule has 29 heavy (non-hydrogen) atoms. The number of nitro benzene ring substituents is 1. The summed E-state index contributed by atoms with van der Waals surface area (Å²) in [5.41, 5.74) is -0.598. The number of carbonyl (C=O) groups excluding carboxylic acids is 2. The lowest BCUT2D eigenvalue weighted by Gasteiger charge is -2.24. The highest BCUT2D eigenvalue weighted by Crippen LogP contribution is 2.42. The monoisotopic (exact) mass is 403 g/mol. The van der Waals surface area contributed by atoms with Crippen molar-refractivity contribution in [2.75, 3.05) is 26.2 Å². The molecule has 0 aliphatic rings. The fourth-order valence-electron chi connectivity index (χ4n) is 3.31. The Morgan fingerprint density at radius 3 is 1.76 bits per heavy atom. The van der Waals surface area contributed by atoms with Crippen LogP contribution >= 0.6 is 0 Å². The van der Waals surface area contributed by atoms with Gasteiger partial charge in [0.15, 0.2) is 5.75 Å². The molecule has 0 radical (unpaired) electrons. The van der Waals surface area contributed by atoms with Crippen molar-refractivity contribution in [1.29, 1.82) is 0 Å². The van der Waals surface area contributed by atoms with Crippen molar-refractivity contribution in [2.24, 2.45) is 0 Å². The number of benzene rings is 2. The number of hydrogen-bond donors (Lipinski definition) is 2. The van der Waals surface area contributed by atoms with E-state index in [1.165, 1.54) is 21.9 Å². The topological polar surface area (TPSA) is 124 Å². The van der Waals surface area contributed by atoms with Gasteiger partial charge in [-0.25, -0.2) is 0 Å². The van der Waals surface area contributed by atoms with E-state index < -0.39 is 28.0 Å². The van der Waals surface area contributed by atoms with Crippen molar-refractivity contribution in [2.45, 2.75) is 27.7 Å². The first-order valence-corrected chi connectivity index (χ1v) is 9.47. The molecule has 0 aromatic heterocycles. The first kappa shape index (κ1) is 21.9. The summed E-state index contributed by atoms with van der Waals surface area (Å²) in [7, 11) is 0. The molecule has 2 amide bonds. The van der Waals surface area contributed by atoms with Crippen LogP contribution in [0.15, 0.2) is 18.2 Å². The highest BCUT2D eigenvalue weighted by atomic mass is 16.6. The fraction of sp³-hybridized carbons (Fsp3) is 0.400. The van der Waals surface area contributed by atoms with Gasteiger partial charge in [-0.3, -0.25) is 19.7 Å². The van der Waals surface area contributed by atoms with Crippen LogP contribution in [0.5, 0.6) is 11.5 Å². The molecule has 2 aromatic carbocycles. The third-order valence-electron chi connectivity index (χ3n) is 4.95. The smallest absolute Gasteiger partial charge is 0.322 e. The van der Waals surface area contributed by atoms with Crippen LogP contribution in [-0.2, 0) is 0 Å². The molecule has 0 bridgehead atoms. The third-order valence-corrected chi connectivity index (χ3v) is 4.95. The van der Waals surface area contributed by atoms with Crippen LogP contribution in [0, 0.1) is 10.1 Å². The lowest BCUT2D eigenvalue weighted by Crippen LogP contribution is -2.35. The van der Waals surface area contributed by atoms with Crippen LogP contribution in [0.25, 0.3) is 10.8 Å². The molecule has 9 heteroatoms. The maximum absolute atomic E-state index is 13.1. The van der Waals surface area contributed by atoms with Gasteiger partial charge in [0, 0.05) is 26.2 Å². The second-order valence-electron chi connectivity index (χ2n) is 6.42. The summed E-state index contributed by atoms with van der Waals surface area (Å²) in [5, 5.41) is 31.5. The molecular formula is C20H25N3O6. The van der Waals surface area contributed by atoms with Crippen molar-refractivity contribution in [3.63, 3.8) is 0 Å². The molecule has 2 rings (SSSR count). The van der Waals surface area contributed by atoms with Crippen LogP contribution in [0.1, 0.15) is 48.4 Å². The van der Waals surface area contributed by atoms with Gasteiger partial charge in [-0.15, -0.1) is 0 Å². The Balaban J connectivity index is 2.91. The van der Waals surface area contributed by atoms with E-state index in [1.807, 2.05) is 13.8 Å². The van der Waals surface area contributed by atoms with E-state index in [4.69, 9.17) is 0 Å². The van der Waals surface area contributed by atoms with Crippen LogP contribution < -0.4 is 0 Å². The van der Waals surface area contributed by atoms with Crippen LogP contribution in [0.4, 0.5) is 5.69 Å². The molecule has 2 N–H and O–H groups in total. The number of fused-ring (bicyclic) bond motifs is 1. The number of aromatic hydroxyl groups is 2. The SMILES string of the molecule is CCN(CC)C(=O)c1cc2cc(O)c(O)c([N+](=O)[O-])c2cc1C(=O)N(CC)CC. The van der Waals surface area contributed by atoms with Gasteiger partial charge in [0.1, 0.15) is 0 Å². The third kappa shape index (κ3) is 3.94. The molecule has 156 valence electrons. The van der Waals surface area contributed by atoms with Gasteiger partial charge in [-0.05, 0) is 51.3 Å². The van der Waals surface area contributed by atoms with E-state index in [9.17, 15) is 29.9 Å². The Morgan fingerprint density at radius 1 is 0.897 bits per heavy atom. The Hall–Kier alpha value is -3.36. The van der Waals surface area contributed by atoms with Gasteiger partial charge in [-0.1, -0.05) is 0 Å². The summed E-state index contributed by atoms with van der Waals surface area (Å²) in [6.45, 7) is 8.85. The van der Waals surface area contributed by atoms with Gasteiger partial charge in [0.25, 0.3) is 11.8 Å². The maximum atomic E-state index is 13.1. The van der Waals surface area contributed by atoms with E-state index in [-0.39, 0.29) is 27.8 Å². The van der Waals surface area contributed by atoms with Crippen LogP contribution in [0.3, 0.4) is 0 Å². The van der Waals surface area contributed by atoms with Gasteiger partial charge in [0.2, 0.25) is 5.75 Å². The van der Waals surface area contributed by atoms with Crippen molar-refractivity contribution in [3.8, 4) is 11.5 Å². The van der Waals surface area contributed by atoms with E-state index in [0.717, 1.165) is 6.07 Å². The highest BCUT2D eigenvalue weighted by Gasteiger charge is 2.28. The summed E-state index contributed by atoms with van der Waals surface area (Å²) < 4.78 is 0. The summed E-state index contributed by atoms with van der Waals surface area (Å²) >= 11 is 0. The van der Waals surface area contributed by atoms with Gasteiger partial charge < -0.3 is 20.0 Å². The molecule has 0 aliphatic heterocycles. The van der Waals surface area contributed by atoms with Gasteiger partial charge >= 0.3 is 5.69 Å². The number of phenolic OH excluding ortho intramolecular Hbond substituents is 2. The maximum Gasteiger partial charge on any atom is 0.322 e. The second kappa shape index (κ2) is 8.76. The number of rotatable bonds is 7. The molecule has 0 atom stereocenters. The van der Waals surface area contributed by atoms with E-state index in [0.29, 0.717) is 26.2 Å². The number of amides is 2. The summed E-state index contributed by atoms with van der Waals surface area (Å²) in [4.78, 5) is 39.9. The minimum absolute atomic E-state index is 0.0197. The summed E-state index contributed by atoms with van der Waals surface area (Å²) in [6, 6.07) is 3.76. The Morgan fingerprint density at radius 2 is 1.34 bits per heavy atom. The lowest BCUT2D eigenvalue weighted by molar-refractivity contribution is -0.384. The Bertz CT molecular complexity index is 965. The van der Waals surface area contributed by atoms with Crippen molar-refractivity contribution >= 4 is 28.3 Å². The highest BCUT2D eigenvalue weighted by molar-refractivity contribution is 6.12. The molecule has 2 aromatic rings. The zero-order valence-electron chi connectivity index (χ0n) is 16.9. The first-order chi connectivity index (χ1) is 13.7. The standard InChI is InChI=1S/C20H25N3O6/c1-5-21(6-2)19(26)14-9-12-10-16(24)18(25)17(23(28)29)13(12)11-15(14)20(27)22(7-3)8-4/h9-11,24-25H,5-8H2,1-4H3. The molecule has 0 spiro atoms. The molecule has 0 heterocycles. The van der Waals surface area contributed by atoms with Crippen LogP contribution in [-0.4, -0.2) is 62.9 Å². The van der Waals surface area contributed by atoms with Gasteiger partial charge in [-0.2, -0.15) is 0 Å². The average molecular weight is 403 g/mol. The fourth-order valence-corrected chi connectivity index (χ4v) is 3.31. The minimum atomic E-state index is -0.883. The Labute approximate surface area is 168 Å². The zero-order chi connectivity index (χ0) is 21.9. The number of phenols is 2. The van der Waals surface area contributed by atoms with Gasteiger partial charge in [0.05, 0.1) is 21.4 Å². The molecule has 0 saturated heterocycles. The normalized spacial score (nSPS) is 10.8. The molecule has 0 aliphatic carbocycles. The van der Waals surface area contributed by atoms with E-state index >= 15 is 0 Å². The predicted molar refractivity (Wildman–Crippen MR) is 108 cm³/mol. The quantitative estimate of drug-likeness (QED) is 0.416. The minimum Gasteiger partial charge on any atom is -0.504 e. The van der Waals surface area contributed by atoms with Crippen molar-refractivity contribution < 1.29 is 24.7 Å². The number of carbonyl (C=O) groups is 2. The van der Waals surface area contributed by atoms with Crippen molar-refractivity contribution in [3.05, 3.63) is 39.4 Å². The van der Waals surface area contributed by atoms with E-state index in [2.05, 4.69) is 0 Å². The summed E-state index contributed by atoms with van der Waals surface area (Å²) in [6.07, 6.45) is 0. The number of hydrogen-bond acceptors (Lipinski definition) is 6. The largest absolute Gasteiger partial charge is 0.504 e. The predicted octanol–water partition coefficient (Wildman–Crippen LogP) is 3.12.